The lowest BCUT2D eigenvalue weighted by atomic mass is 10.1. The minimum Gasteiger partial charge on any atom is -0.390 e. The van der Waals surface area contributed by atoms with Gasteiger partial charge in [0.05, 0.1) is 0 Å². The first-order valence-corrected chi connectivity index (χ1v) is 3.48. The highest BCUT2D eigenvalue weighted by molar-refractivity contribution is 5.21. The minimum absolute atomic E-state index is 0.354. The maximum Gasteiger partial charge on any atom is 0.312 e. The molecule has 2 nitrogen and oxygen atoms in total. The quantitative estimate of drug-likeness (QED) is 0.734. The van der Waals surface area contributed by atoms with Crippen LogP contribution >= 0.6 is 0 Å². The van der Waals surface area contributed by atoms with Crippen molar-refractivity contribution in [1.82, 2.24) is 4.98 Å². The molecule has 0 radical (unpaired) electrons. The first kappa shape index (κ1) is 9.06. The van der Waals surface area contributed by atoms with E-state index in [4.69, 9.17) is 5.11 Å². The van der Waals surface area contributed by atoms with Gasteiger partial charge >= 0.3 is 5.92 Å². The van der Waals surface area contributed by atoms with E-state index >= 15 is 0 Å². The molecule has 0 aliphatic carbocycles. The number of aliphatic hydroxyl groups is 1. The minimum atomic E-state index is -3.23. The Kier molecular flexibility index (Phi) is 2.38. The van der Waals surface area contributed by atoms with Crippen molar-refractivity contribution in [3.8, 4) is 0 Å². The van der Waals surface area contributed by atoms with Crippen LogP contribution in [0.4, 0.5) is 8.78 Å². The number of alkyl halides is 2. The number of rotatable bonds is 2. The fourth-order valence-corrected chi connectivity index (χ4v) is 0.943. The van der Waals surface area contributed by atoms with Gasteiger partial charge in [0.25, 0.3) is 0 Å². The second-order valence-corrected chi connectivity index (χ2v) is 2.53. The number of hydrogen-bond acceptors (Lipinski definition) is 2. The van der Waals surface area contributed by atoms with Crippen LogP contribution < -0.4 is 0 Å². The van der Waals surface area contributed by atoms with Gasteiger partial charge in [0.2, 0.25) is 0 Å². The number of hydrogen-bond donors (Lipinski definition) is 1. The van der Waals surface area contributed by atoms with Crippen molar-refractivity contribution >= 4 is 0 Å². The Labute approximate surface area is 68.9 Å². The molecule has 0 amide bonds. The third kappa shape index (κ3) is 1.58. The summed E-state index contributed by atoms with van der Waals surface area (Å²) in [6.45, 7) is 0.330. The third-order valence-electron chi connectivity index (χ3n) is 1.55. The van der Waals surface area contributed by atoms with E-state index < -0.39 is 12.5 Å². The Morgan fingerprint density at radius 1 is 1.58 bits per heavy atom. The fourth-order valence-electron chi connectivity index (χ4n) is 0.943. The summed E-state index contributed by atoms with van der Waals surface area (Å²) >= 11 is 0. The predicted molar refractivity (Wildman–Crippen MR) is 40.0 cm³/mol. The zero-order chi connectivity index (χ0) is 9.19. The maximum absolute atomic E-state index is 12.8. The summed E-state index contributed by atoms with van der Waals surface area (Å²) in [4.78, 5) is 3.51. The van der Waals surface area contributed by atoms with Gasteiger partial charge in [0.1, 0.15) is 12.3 Å². The first-order chi connectivity index (χ1) is 5.58. The van der Waals surface area contributed by atoms with Crippen LogP contribution in [0.15, 0.2) is 18.3 Å². The average Bonchev–Trinajstić information content (AvgIpc) is 2.05. The Morgan fingerprint density at radius 2 is 2.25 bits per heavy atom. The highest BCUT2D eigenvalue weighted by Gasteiger charge is 2.33. The first-order valence-electron chi connectivity index (χ1n) is 3.48. The van der Waals surface area contributed by atoms with E-state index in [-0.39, 0.29) is 5.69 Å². The fraction of sp³-hybridized carbons (Fsp3) is 0.375. The number of aliphatic hydroxyl groups excluding tert-OH is 1. The molecule has 0 bridgehead atoms. The summed E-state index contributed by atoms with van der Waals surface area (Å²) in [5.41, 5.74) is 0.0315. The van der Waals surface area contributed by atoms with Crippen LogP contribution in [-0.4, -0.2) is 16.7 Å². The van der Waals surface area contributed by atoms with Gasteiger partial charge in [-0.1, -0.05) is 6.07 Å². The molecule has 0 unspecified atom stereocenters. The van der Waals surface area contributed by atoms with Crippen LogP contribution in [0.5, 0.6) is 0 Å². The zero-order valence-electron chi connectivity index (χ0n) is 6.59. The SMILES string of the molecule is Cc1cccnc1C(F)(F)CO. The van der Waals surface area contributed by atoms with Gasteiger partial charge in [-0.05, 0) is 18.6 Å². The van der Waals surface area contributed by atoms with Crippen molar-refractivity contribution in [3.63, 3.8) is 0 Å². The van der Waals surface area contributed by atoms with Crippen LogP contribution in [-0.2, 0) is 5.92 Å². The molecule has 0 spiro atoms. The van der Waals surface area contributed by atoms with Gasteiger partial charge in [-0.3, -0.25) is 4.98 Å². The van der Waals surface area contributed by atoms with Crippen LogP contribution in [0.3, 0.4) is 0 Å². The molecule has 0 aliphatic heterocycles. The summed E-state index contributed by atoms with van der Waals surface area (Å²) in [5, 5.41) is 8.38. The molecule has 12 heavy (non-hydrogen) atoms. The monoisotopic (exact) mass is 173 g/mol. The Hall–Kier alpha value is -1.03. The second kappa shape index (κ2) is 3.15. The Morgan fingerprint density at radius 3 is 2.75 bits per heavy atom. The Bertz CT molecular complexity index is 276. The van der Waals surface area contributed by atoms with E-state index in [0.29, 0.717) is 5.56 Å². The second-order valence-electron chi connectivity index (χ2n) is 2.53. The number of nitrogens with zero attached hydrogens (tertiary/aromatic N) is 1. The molecule has 0 saturated carbocycles. The number of halogens is 2. The maximum atomic E-state index is 12.8. The molecule has 1 N–H and O–H groups in total. The van der Waals surface area contributed by atoms with Gasteiger partial charge in [0.15, 0.2) is 0 Å². The number of aromatic nitrogens is 1. The van der Waals surface area contributed by atoms with Crippen molar-refractivity contribution in [2.75, 3.05) is 6.61 Å². The molecule has 0 atom stereocenters. The molecule has 1 aromatic heterocycles. The topological polar surface area (TPSA) is 33.1 Å². The van der Waals surface area contributed by atoms with Gasteiger partial charge < -0.3 is 5.11 Å². The summed E-state index contributed by atoms with van der Waals surface area (Å²) in [6, 6.07) is 3.11. The van der Waals surface area contributed by atoms with Crippen molar-refractivity contribution in [2.45, 2.75) is 12.8 Å². The molecule has 1 rings (SSSR count). The molecule has 0 saturated heterocycles. The number of aryl methyl sites for hydroxylation is 1. The van der Waals surface area contributed by atoms with Crippen molar-refractivity contribution < 1.29 is 13.9 Å². The Balaban J connectivity index is 3.10. The standard InChI is InChI=1S/C8H9F2NO/c1-6-3-2-4-11-7(6)8(9,10)5-12/h2-4,12H,5H2,1H3. The molecule has 4 heteroatoms. The van der Waals surface area contributed by atoms with Crippen molar-refractivity contribution in [1.29, 1.82) is 0 Å². The lowest BCUT2D eigenvalue weighted by Gasteiger charge is -2.13. The van der Waals surface area contributed by atoms with Crippen LogP contribution in [0.2, 0.25) is 0 Å². The molecule has 66 valence electrons. The lowest BCUT2D eigenvalue weighted by Crippen LogP contribution is -2.21. The van der Waals surface area contributed by atoms with Crippen LogP contribution in [0.1, 0.15) is 11.3 Å². The van der Waals surface area contributed by atoms with E-state index in [2.05, 4.69) is 4.98 Å². The van der Waals surface area contributed by atoms with E-state index in [9.17, 15) is 8.78 Å². The summed E-state index contributed by atoms with van der Waals surface area (Å²) in [5.74, 6) is -3.23. The third-order valence-corrected chi connectivity index (χ3v) is 1.55. The summed E-state index contributed by atoms with van der Waals surface area (Å²) in [6.07, 6.45) is 1.28. The highest BCUT2D eigenvalue weighted by atomic mass is 19.3. The van der Waals surface area contributed by atoms with E-state index in [1.165, 1.54) is 19.2 Å². The number of pyridine rings is 1. The molecule has 0 aromatic carbocycles. The highest BCUT2D eigenvalue weighted by Crippen LogP contribution is 2.27. The molecule has 0 aliphatic rings. The van der Waals surface area contributed by atoms with E-state index in [1.54, 1.807) is 6.07 Å². The predicted octanol–water partition coefficient (Wildman–Crippen LogP) is 1.47. The summed E-state index contributed by atoms with van der Waals surface area (Å²) in [7, 11) is 0. The molecule has 1 heterocycles. The van der Waals surface area contributed by atoms with Gasteiger partial charge in [-0.2, -0.15) is 8.78 Å². The van der Waals surface area contributed by atoms with Gasteiger partial charge in [-0.15, -0.1) is 0 Å². The molecule has 0 fully saturated rings. The van der Waals surface area contributed by atoms with Crippen LogP contribution in [0.25, 0.3) is 0 Å². The van der Waals surface area contributed by atoms with Gasteiger partial charge in [0, 0.05) is 6.20 Å². The molecule has 1 aromatic rings. The zero-order valence-corrected chi connectivity index (χ0v) is 6.59. The van der Waals surface area contributed by atoms with Crippen LogP contribution in [0, 0.1) is 6.92 Å². The van der Waals surface area contributed by atoms with Crippen molar-refractivity contribution in [3.05, 3.63) is 29.6 Å². The van der Waals surface area contributed by atoms with E-state index in [1.807, 2.05) is 0 Å². The smallest absolute Gasteiger partial charge is 0.312 e. The van der Waals surface area contributed by atoms with Crippen molar-refractivity contribution in [2.24, 2.45) is 0 Å². The van der Waals surface area contributed by atoms with E-state index in [0.717, 1.165) is 0 Å². The normalized spacial score (nSPS) is 11.7. The summed E-state index contributed by atoms with van der Waals surface area (Å²) < 4.78 is 25.7. The largest absolute Gasteiger partial charge is 0.390 e. The average molecular weight is 173 g/mol. The lowest BCUT2D eigenvalue weighted by molar-refractivity contribution is -0.0597. The molecular formula is C8H9F2NO. The van der Waals surface area contributed by atoms with Gasteiger partial charge in [-0.25, -0.2) is 0 Å². The molecular weight excluding hydrogens is 164 g/mol.